The van der Waals surface area contributed by atoms with Crippen LogP contribution in [0.3, 0.4) is 0 Å². The van der Waals surface area contributed by atoms with Crippen molar-refractivity contribution >= 4 is 45.0 Å². The molecular formula is C24H48O3S3Si. The van der Waals surface area contributed by atoms with Gasteiger partial charge in [0, 0.05) is 31.1 Å². The molecule has 0 aromatic heterocycles. The molecule has 2 saturated carbocycles. The highest BCUT2D eigenvalue weighted by Crippen LogP contribution is 2.53. The Morgan fingerprint density at radius 2 is 1.48 bits per heavy atom. The highest BCUT2D eigenvalue weighted by molar-refractivity contribution is 8.00. The van der Waals surface area contributed by atoms with E-state index in [2.05, 4.69) is 36.2 Å². The molecule has 184 valence electrons. The van der Waals surface area contributed by atoms with Crippen LogP contribution in [0.5, 0.6) is 0 Å². The van der Waals surface area contributed by atoms with Crippen LogP contribution >= 0.6 is 36.2 Å². The fourth-order valence-electron chi connectivity index (χ4n) is 5.43. The Morgan fingerprint density at radius 1 is 0.774 bits per heavy atom. The van der Waals surface area contributed by atoms with Crippen molar-refractivity contribution in [3.8, 4) is 0 Å². The van der Waals surface area contributed by atoms with Gasteiger partial charge in [-0.25, -0.2) is 0 Å². The van der Waals surface area contributed by atoms with Gasteiger partial charge in [-0.2, -0.15) is 36.2 Å². The highest BCUT2D eigenvalue weighted by Gasteiger charge is 2.45. The summed E-state index contributed by atoms with van der Waals surface area (Å²) in [4.78, 5) is 0. The number of rotatable bonds is 20. The van der Waals surface area contributed by atoms with Gasteiger partial charge < -0.3 is 13.3 Å². The molecule has 4 unspecified atom stereocenters. The molecule has 2 rings (SSSR count). The van der Waals surface area contributed by atoms with E-state index in [9.17, 15) is 0 Å². The van der Waals surface area contributed by atoms with Crippen LogP contribution in [-0.4, -0.2) is 56.9 Å². The summed E-state index contributed by atoms with van der Waals surface area (Å²) in [5.74, 6) is 8.02. The largest absolute Gasteiger partial charge is 0.500 e. The summed E-state index contributed by atoms with van der Waals surface area (Å²) < 4.78 is 17.9. The molecule has 0 saturated heterocycles. The van der Waals surface area contributed by atoms with Crippen molar-refractivity contribution in [3.05, 3.63) is 0 Å². The van der Waals surface area contributed by atoms with Gasteiger partial charge in [-0.1, -0.05) is 12.8 Å². The normalized spacial score (nSPS) is 25.5. The molecule has 0 aliphatic heterocycles. The summed E-state index contributed by atoms with van der Waals surface area (Å²) in [6.07, 6.45) is 12.6. The zero-order valence-corrected chi connectivity index (χ0v) is 23.8. The average molecular weight is 509 g/mol. The maximum atomic E-state index is 5.97. The molecule has 3 nitrogen and oxygen atoms in total. The summed E-state index contributed by atoms with van der Waals surface area (Å²) in [5.41, 5.74) is 0. The van der Waals surface area contributed by atoms with E-state index < -0.39 is 8.80 Å². The van der Waals surface area contributed by atoms with Gasteiger partial charge >= 0.3 is 8.80 Å². The van der Waals surface area contributed by atoms with E-state index in [0.29, 0.717) is 19.8 Å². The monoisotopic (exact) mass is 508 g/mol. The second-order valence-electron chi connectivity index (χ2n) is 9.02. The van der Waals surface area contributed by atoms with E-state index in [4.69, 9.17) is 13.3 Å². The van der Waals surface area contributed by atoms with E-state index in [1.54, 1.807) is 0 Å². The van der Waals surface area contributed by atoms with Crippen molar-refractivity contribution in [2.75, 3.05) is 42.8 Å². The van der Waals surface area contributed by atoms with Crippen LogP contribution in [0.4, 0.5) is 0 Å². The Hall–Kier alpha value is 1.15. The fraction of sp³-hybridized carbons (Fsp3) is 1.00. The van der Waals surface area contributed by atoms with Crippen LogP contribution in [0.25, 0.3) is 0 Å². The predicted octanol–water partition coefficient (Wildman–Crippen LogP) is 7.19. The van der Waals surface area contributed by atoms with Crippen LogP contribution in [0.15, 0.2) is 0 Å². The van der Waals surface area contributed by atoms with Crippen molar-refractivity contribution in [2.24, 2.45) is 17.8 Å². The van der Waals surface area contributed by atoms with Crippen molar-refractivity contribution in [1.29, 1.82) is 0 Å². The molecule has 0 heterocycles. The van der Waals surface area contributed by atoms with Gasteiger partial charge in [-0.15, -0.1) is 0 Å². The third-order valence-electron chi connectivity index (χ3n) is 6.82. The standard InChI is InChI=1S/C24H48O3S3Si/c1-4-25-31(26-5-2,27-6-3)17-11-14-29-16-12-21-18-23-19-22(21)20-24(23)30-15-10-8-7-9-13-28/h21-24,28H,4-20H2,1-3H3. The van der Waals surface area contributed by atoms with Crippen LogP contribution < -0.4 is 0 Å². The zero-order chi connectivity index (χ0) is 22.4. The van der Waals surface area contributed by atoms with Crippen LogP contribution in [0.2, 0.25) is 6.04 Å². The van der Waals surface area contributed by atoms with Gasteiger partial charge in [0.2, 0.25) is 0 Å². The smallest absolute Gasteiger partial charge is 0.374 e. The predicted molar refractivity (Wildman–Crippen MR) is 145 cm³/mol. The number of hydrogen-bond donors (Lipinski definition) is 1. The minimum Gasteiger partial charge on any atom is -0.374 e. The molecule has 2 aliphatic carbocycles. The first kappa shape index (κ1) is 28.4. The Balaban J connectivity index is 1.53. The Kier molecular flexibility index (Phi) is 15.3. The molecule has 4 atom stereocenters. The molecule has 0 radical (unpaired) electrons. The Bertz CT molecular complexity index is 441. The van der Waals surface area contributed by atoms with E-state index in [1.165, 1.54) is 68.6 Å². The lowest BCUT2D eigenvalue weighted by Crippen LogP contribution is -2.46. The molecule has 31 heavy (non-hydrogen) atoms. The quantitative estimate of drug-likeness (QED) is 0.107. The van der Waals surface area contributed by atoms with Crippen LogP contribution in [-0.2, 0) is 13.3 Å². The van der Waals surface area contributed by atoms with Gasteiger partial charge in [0.25, 0.3) is 0 Å². The molecule has 2 aliphatic rings. The lowest BCUT2D eigenvalue weighted by molar-refractivity contribution is 0.0712. The van der Waals surface area contributed by atoms with Gasteiger partial charge in [0.15, 0.2) is 0 Å². The second kappa shape index (κ2) is 16.7. The van der Waals surface area contributed by atoms with E-state index >= 15 is 0 Å². The summed E-state index contributed by atoms with van der Waals surface area (Å²) in [6, 6.07) is 0.956. The van der Waals surface area contributed by atoms with Crippen molar-refractivity contribution < 1.29 is 13.3 Å². The van der Waals surface area contributed by atoms with Crippen molar-refractivity contribution in [3.63, 3.8) is 0 Å². The molecular weight excluding hydrogens is 461 g/mol. The van der Waals surface area contributed by atoms with Gasteiger partial charge in [-0.3, -0.25) is 0 Å². The highest BCUT2D eigenvalue weighted by atomic mass is 32.2. The average Bonchev–Trinajstić information content (AvgIpc) is 3.34. The third kappa shape index (κ3) is 10.1. The SMILES string of the molecule is CCO[Si](CCCSCCC1CC2CC1CC2SCCCCCCS)(OCC)OCC. The summed E-state index contributed by atoms with van der Waals surface area (Å²) in [7, 11) is -2.44. The van der Waals surface area contributed by atoms with E-state index in [-0.39, 0.29) is 0 Å². The molecule has 2 bridgehead atoms. The maximum Gasteiger partial charge on any atom is 0.500 e. The molecule has 7 heteroatoms. The molecule has 0 aromatic rings. The summed E-state index contributed by atoms with van der Waals surface area (Å²) in [5, 5.41) is 0.979. The van der Waals surface area contributed by atoms with Crippen LogP contribution in [0.1, 0.15) is 78.6 Å². The maximum absolute atomic E-state index is 5.97. The van der Waals surface area contributed by atoms with Gasteiger partial charge in [-0.05, 0) is 106 Å². The Morgan fingerprint density at radius 3 is 2.10 bits per heavy atom. The Labute approximate surface area is 208 Å². The number of unbranched alkanes of at least 4 members (excludes halogenated alkanes) is 3. The molecule has 2 fully saturated rings. The summed E-state index contributed by atoms with van der Waals surface area (Å²) in [6.45, 7) is 8.16. The van der Waals surface area contributed by atoms with Gasteiger partial charge in [0.05, 0.1) is 0 Å². The fourth-order valence-corrected chi connectivity index (χ4v) is 11.1. The van der Waals surface area contributed by atoms with E-state index in [1.807, 2.05) is 20.8 Å². The van der Waals surface area contributed by atoms with Crippen molar-refractivity contribution in [2.45, 2.75) is 89.9 Å². The first-order valence-electron chi connectivity index (χ1n) is 12.9. The van der Waals surface area contributed by atoms with E-state index in [0.717, 1.165) is 41.2 Å². The third-order valence-corrected chi connectivity index (χ3v) is 12.9. The number of fused-ring (bicyclic) bond motifs is 2. The first-order valence-corrected chi connectivity index (χ1v) is 17.7. The second-order valence-corrected chi connectivity index (χ2v) is 14.8. The number of hydrogen-bond acceptors (Lipinski definition) is 6. The first-order chi connectivity index (χ1) is 15.2. The number of thiol groups is 1. The molecule has 0 aromatic carbocycles. The minimum absolute atomic E-state index is 0.680. The topological polar surface area (TPSA) is 27.7 Å². The van der Waals surface area contributed by atoms with Crippen molar-refractivity contribution in [1.82, 2.24) is 0 Å². The molecule has 0 N–H and O–H groups in total. The molecule has 0 spiro atoms. The molecule has 0 amide bonds. The lowest BCUT2D eigenvalue weighted by atomic mass is 9.87. The van der Waals surface area contributed by atoms with Gasteiger partial charge in [0.1, 0.15) is 0 Å². The minimum atomic E-state index is -2.44. The lowest BCUT2D eigenvalue weighted by Gasteiger charge is -2.28. The zero-order valence-electron chi connectivity index (χ0n) is 20.3. The van der Waals surface area contributed by atoms with Crippen LogP contribution in [0, 0.1) is 17.8 Å². The number of thioether (sulfide) groups is 2. The summed E-state index contributed by atoms with van der Waals surface area (Å²) >= 11 is 8.74.